The van der Waals surface area contributed by atoms with E-state index in [9.17, 15) is 4.79 Å². The molecule has 2 rings (SSSR count). The molecule has 1 unspecified atom stereocenters. The summed E-state index contributed by atoms with van der Waals surface area (Å²) in [5.41, 5.74) is 0.861. The van der Waals surface area contributed by atoms with Crippen LogP contribution in [0.1, 0.15) is 26.2 Å². The molecule has 1 aliphatic carbocycles. The number of hydrogen-bond donors (Lipinski definition) is 0. The topological polar surface area (TPSA) is 32.7 Å². The highest BCUT2D eigenvalue weighted by molar-refractivity contribution is 6.12. The van der Waals surface area contributed by atoms with Gasteiger partial charge in [0.1, 0.15) is 0 Å². The van der Waals surface area contributed by atoms with Crippen LogP contribution in [-0.4, -0.2) is 23.7 Å². The van der Waals surface area contributed by atoms with Crippen molar-refractivity contribution in [2.45, 2.75) is 26.2 Å². The van der Waals surface area contributed by atoms with E-state index in [1.165, 1.54) is 5.01 Å². The van der Waals surface area contributed by atoms with Crippen LogP contribution in [0.5, 0.6) is 0 Å². The van der Waals surface area contributed by atoms with Gasteiger partial charge in [-0.05, 0) is 26.2 Å². The lowest BCUT2D eigenvalue weighted by Gasteiger charge is -2.16. The van der Waals surface area contributed by atoms with Gasteiger partial charge in [-0.15, -0.1) is 0 Å². The van der Waals surface area contributed by atoms with Gasteiger partial charge in [0.15, 0.2) is 0 Å². The lowest BCUT2D eigenvalue weighted by molar-refractivity contribution is -0.134. The zero-order chi connectivity index (χ0) is 8.06. The average Bonchev–Trinajstić information content (AvgIpc) is 2.39. The third kappa shape index (κ3) is 0.682. The largest absolute Gasteiger partial charge is 0.272 e. The number of nitrogens with zero attached hydrogens (tertiary/aromatic N) is 2. The summed E-state index contributed by atoms with van der Waals surface area (Å²) in [6, 6.07) is 0. The van der Waals surface area contributed by atoms with Gasteiger partial charge in [0.25, 0.3) is 5.91 Å². The van der Waals surface area contributed by atoms with Crippen LogP contribution < -0.4 is 0 Å². The first-order valence-electron chi connectivity index (χ1n) is 4.01. The van der Waals surface area contributed by atoms with E-state index in [4.69, 9.17) is 0 Å². The quantitative estimate of drug-likeness (QED) is 0.509. The fourth-order valence-electron chi connectivity index (χ4n) is 2.00. The monoisotopic (exact) mass is 152 g/mol. The summed E-state index contributed by atoms with van der Waals surface area (Å²) in [6.45, 7) is 2.00. The van der Waals surface area contributed by atoms with Crippen LogP contribution in [0.15, 0.2) is 5.10 Å². The number of rotatable bonds is 0. The average molecular weight is 152 g/mol. The van der Waals surface area contributed by atoms with E-state index in [1.54, 1.807) is 7.05 Å². The van der Waals surface area contributed by atoms with Crippen molar-refractivity contribution in [3.63, 3.8) is 0 Å². The van der Waals surface area contributed by atoms with Gasteiger partial charge in [-0.1, -0.05) is 0 Å². The van der Waals surface area contributed by atoms with Gasteiger partial charge >= 0.3 is 0 Å². The van der Waals surface area contributed by atoms with Crippen molar-refractivity contribution in [3.05, 3.63) is 0 Å². The number of fused-ring (bicyclic) bond motifs is 1. The Kier molecular flexibility index (Phi) is 1.14. The number of amides is 1. The second-order valence-corrected chi connectivity index (χ2v) is 3.56. The highest BCUT2D eigenvalue weighted by Crippen LogP contribution is 2.40. The Balaban J connectivity index is 2.42. The normalized spacial score (nSPS) is 36.0. The van der Waals surface area contributed by atoms with Crippen molar-refractivity contribution < 1.29 is 4.79 Å². The minimum Gasteiger partial charge on any atom is -0.272 e. The fourth-order valence-corrected chi connectivity index (χ4v) is 2.00. The molecule has 1 fully saturated rings. The van der Waals surface area contributed by atoms with Gasteiger partial charge in [-0.2, -0.15) is 5.10 Å². The molecule has 2 aliphatic rings. The molecule has 1 amide bonds. The van der Waals surface area contributed by atoms with E-state index in [0.29, 0.717) is 0 Å². The highest BCUT2D eigenvalue weighted by atomic mass is 16.2. The Morgan fingerprint density at radius 2 is 2.36 bits per heavy atom. The molecule has 1 saturated carbocycles. The lowest BCUT2D eigenvalue weighted by atomic mass is 9.87. The van der Waals surface area contributed by atoms with E-state index in [2.05, 4.69) is 5.10 Å². The van der Waals surface area contributed by atoms with Crippen molar-refractivity contribution in [2.24, 2.45) is 10.5 Å². The minimum atomic E-state index is -0.227. The summed E-state index contributed by atoms with van der Waals surface area (Å²) in [5, 5.41) is 5.68. The van der Waals surface area contributed by atoms with E-state index in [-0.39, 0.29) is 11.3 Å². The predicted octanol–water partition coefficient (Wildman–Crippen LogP) is 1.00. The van der Waals surface area contributed by atoms with Crippen LogP contribution in [0.25, 0.3) is 0 Å². The molecule has 60 valence electrons. The van der Waals surface area contributed by atoms with E-state index < -0.39 is 0 Å². The molecule has 1 aliphatic heterocycles. The molecule has 0 spiro atoms. The SMILES string of the molecule is CN1N=C2CCCC2(C)C1=O. The van der Waals surface area contributed by atoms with Crippen molar-refractivity contribution in [3.8, 4) is 0 Å². The molecule has 3 heteroatoms. The van der Waals surface area contributed by atoms with Crippen LogP contribution in [0.2, 0.25) is 0 Å². The number of hydrazone groups is 1. The van der Waals surface area contributed by atoms with E-state index in [1.807, 2.05) is 6.92 Å². The Morgan fingerprint density at radius 3 is 3.00 bits per heavy atom. The molecule has 1 atom stereocenters. The molecule has 0 bridgehead atoms. The van der Waals surface area contributed by atoms with Crippen LogP contribution in [0.3, 0.4) is 0 Å². The summed E-state index contributed by atoms with van der Waals surface area (Å²) in [4.78, 5) is 11.5. The van der Waals surface area contributed by atoms with Crippen molar-refractivity contribution >= 4 is 11.6 Å². The van der Waals surface area contributed by atoms with Gasteiger partial charge in [0.2, 0.25) is 0 Å². The van der Waals surface area contributed by atoms with Gasteiger partial charge < -0.3 is 0 Å². The zero-order valence-corrected chi connectivity index (χ0v) is 6.92. The molecular weight excluding hydrogens is 140 g/mol. The third-order valence-corrected chi connectivity index (χ3v) is 2.76. The number of carbonyl (C=O) groups is 1. The summed E-state index contributed by atoms with van der Waals surface area (Å²) < 4.78 is 0. The first kappa shape index (κ1) is 6.83. The summed E-state index contributed by atoms with van der Waals surface area (Å²) in [5.74, 6) is 0.171. The lowest BCUT2D eigenvalue weighted by Crippen LogP contribution is -2.32. The van der Waals surface area contributed by atoms with Crippen LogP contribution in [0, 0.1) is 5.41 Å². The highest BCUT2D eigenvalue weighted by Gasteiger charge is 2.48. The second kappa shape index (κ2) is 1.84. The van der Waals surface area contributed by atoms with Gasteiger partial charge in [0, 0.05) is 7.05 Å². The summed E-state index contributed by atoms with van der Waals surface area (Å²) in [7, 11) is 1.74. The molecule has 0 aromatic carbocycles. The first-order valence-corrected chi connectivity index (χ1v) is 4.01. The molecular formula is C8H12N2O. The third-order valence-electron chi connectivity index (χ3n) is 2.76. The zero-order valence-electron chi connectivity index (χ0n) is 6.92. The summed E-state index contributed by atoms with van der Waals surface area (Å²) >= 11 is 0. The Bertz CT molecular complexity index is 246. The van der Waals surface area contributed by atoms with Crippen LogP contribution >= 0.6 is 0 Å². The molecule has 0 aromatic rings. The molecule has 11 heavy (non-hydrogen) atoms. The van der Waals surface area contributed by atoms with E-state index >= 15 is 0 Å². The van der Waals surface area contributed by atoms with Crippen LogP contribution in [-0.2, 0) is 4.79 Å². The van der Waals surface area contributed by atoms with Gasteiger partial charge in [0.05, 0.1) is 11.1 Å². The smallest absolute Gasteiger partial charge is 0.254 e. The van der Waals surface area contributed by atoms with E-state index in [0.717, 1.165) is 25.0 Å². The standard InChI is InChI=1S/C8H12N2O/c1-8-5-3-4-6(8)9-10(2)7(8)11/h3-5H2,1-2H3. The van der Waals surface area contributed by atoms with Gasteiger partial charge in [-0.3, -0.25) is 4.79 Å². The summed E-state index contributed by atoms with van der Waals surface area (Å²) in [6.07, 6.45) is 3.11. The maximum atomic E-state index is 11.5. The molecule has 0 N–H and O–H groups in total. The molecule has 0 aromatic heterocycles. The van der Waals surface area contributed by atoms with Gasteiger partial charge in [-0.25, -0.2) is 5.01 Å². The minimum absolute atomic E-state index is 0.171. The molecule has 1 heterocycles. The molecule has 0 radical (unpaired) electrons. The van der Waals surface area contributed by atoms with Crippen molar-refractivity contribution in [1.29, 1.82) is 0 Å². The maximum Gasteiger partial charge on any atom is 0.254 e. The van der Waals surface area contributed by atoms with Crippen molar-refractivity contribution in [2.75, 3.05) is 7.05 Å². The Labute approximate surface area is 66.1 Å². The van der Waals surface area contributed by atoms with Crippen LogP contribution in [0.4, 0.5) is 0 Å². The first-order chi connectivity index (χ1) is 5.14. The maximum absolute atomic E-state index is 11.5. The second-order valence-electron chi connectivity index (χ2n) is 3.56. The molecule has 3 nitrogen and oxygen atoms in total. The Hall–Kier alpha value is -0.860. The van der Waals surface area contributed by atoms with Crippen molar-refractivity contribution in [1.82, 2.24) is 5.01 Å². The Morgan fingerprint density at radius 1 is 1.64 bits per heavy atom. The predicted molar refractivity (Wildman–Crippen MR) is 42.2 cm³/mol. The number of hydrogen-bond acceptors (Lipinski definition) is 2. The molecule has 0 saturated heterocycles. The number of carbonyl (C=O) groups excluding carboxylic acids is 1. The fraction of sp³-hybridized carbons (Fsp3) is 0.750.